The highest BCUT2D eigenvalue weighted by molar-refractivity contribution is 5.90. The zero-order chi connectivity index (χ0) is 20.3. The van der Waals surface area contributed by atoms with E-state index in [0.717, 1.165) is 18.4 Å². The van der Waals surface area contributed by atoms with Crippen molar-refractivity contribution >= 4 is 23.8 Å². The van der Waals surface area contributed by atoms with Crippen molar-refractivity contribution in [1.29, 1.82) is 0 Å². The molecule has 0 spiro atoms. The summed E-state index contributed by atoms with van der Waals surface area (Å²) in [5.74, 6) is 0.520. The standard InChI is InChI=1S/C22H26N4O3/c27-21(24-18-7-3-1-4-8-18)16-29-20-13-11-17(12-14-20)15-23-26-22(28)25-19-9-5-2-6-10-19/h2,5-6,9-15,18H,1,3-4,7-8,16H2,(H,24,27)(H2,25,26,28)/b23-15-. The largest absolute Gasteiger partial charge is 0.484 e. The van der Waals surface area contributed by atoms with Gasteiger partial charge in [0.1, 0.15) is 5.75 Å². The second-order valence-electron chi connectivity index (χ2n) is 6.95. The Hall–Kier alpha value is -3.35. The molecule has 0 heterocycles. The minimum Gasteiger partial charge on any atom is -0.484 e. The third-order valence-corrected chi connectivity index (χ3v) is 4.63. The summed E-state index contributed by atoms with van der Waals surface area (Å²) in [5, 5.41) is 9.61. The number of anilines is 1. The van der Waals surface area contributed by atoms with Crippen LogP contribution in [0, 0.1) is 0 Å². The highest BCUT2D eigenvalue weighted by Gasteiger charge is 2.15. The molecule has 1 aliphatic rings. The summed E-state index contributed by atoms with van der Waals surface area (Å²) < 4.78 is 5.54. The summed E-state index contributed by atoms with van der Waals surface area (Å²) in [5.41, 5.74) is 3.89. The number of rotatable bonds is 7. The number of nitrogens with zero attached hydrogens (tertiary/aromatic N) is 1. The lowest BCUT2D eigenvalue weighted by molar-refractivity contribution is -0.124. The Morgan fingerprint density at radius 3 is 2.45 bits per heavy atom. The van der Waals surface area contributed by atoms with E-state index in [-0.39, 0.29) is 18.6 Å². The quantitative estimate of drug-likeness (QED) is 0.494. The van der Waals surface area contributed by atoms with Gasteiger partial charge in [0.15, 0.2) is 6.61 Å². The molecule has 3 rings (SSSR count). The smallest absolute Gasteiger partial charge is 0.339 e. The van der Waals surface area contributed by atoms with Crippen molar-refractivity contribution in [2.24, 2.45) is 5.10 Å². The zero-order valence-corrected chi connectivity index (χ0v) is 16.3. The molecule has 0 saturated heterocycles. The van der Waals surface area contributed by atoms with Crippen molar-refractivity contribution in [3.8, 4) is 5.75 Å². The Morgan fingerprint density at radius 1 is 1.00 bits per heavy atom. The molecule has 29 heavy (non-hydrogen) atoms. The molecule has 0 bridgehead atoms. The van der Waals surface area contributed by atoms with Crippen LogP contribution in [0.4, 0.5) is 10.5 Å². The SMILES string of the molecule is O=C(COc1ccc(/C=N\NC(=O)Nc2ccccc2)cc1)NC1CCCCC1. The first-order chi connectivity index (χ1) is 14.2. The second kappa shape index (κ2) is 10.8. The van der Waals surface area contributed by atoms with E-state index < -0.39 is 6.03 Å². The number of para-hydroxylation sites is 1. The first-order valence-electron chi connectivity index (χ1n) is 9.86. The average molecular weight is 394 g/mol. The van der Waals surface area contributed by atoms with Gasteiger partial charge in [-0.3, -0.25) is 4.79 Å². The van der Waals surface area contributed by atoms with E-state index in [2.05, 4.69) is 21.2 Å². The van der Waals surface area contributed by atoms with Gasteiger partial charge >= 0.3 is 6.03 Å². The molecule has 1 saturated carbocycles. The molecule has 0 aromatic heterocycles. The fourth-order valence-corrected chi connectivity index (χ4v) is 3.16. The maximum absolute atomic E-state index is 12.0. The summed E-state index contributed by atoms with van der Waals surface area (Å²) >= 11 is 0. The number of hydrogen-bond donors (Lipinski definition) is 3. The van der Waals surface area contributed by atoms with Crippen molar-refractivity contribution in [1.82, 2.24) is 10.7 Å². The Kier molecular flexibility index (Phi) is 7.63. The topological polar surface area (TPSA) is 91.8 Å². The molecule has 2 aromatic rings. The first-order valence-corrected chi connectivity index (χ1v) is 9.86. The number of ether oxygens (including phenoxy) is 1. The van der Waals surface area contributed by atoms with Crippen LogP contribution in [0.15, 0.2) is 59.7 Å². The molecule has 2 aromatic carbocycles. The van der Waals surface area contributed by atoms with Gasteiger partial charge in [0.2, 0.25) is 0 Å². The van der Waals surface area contributed by atoms with Gasteiger partial charge in [-0.2, -0.15) is 5.10 Å². The summed E-state index contributed by atoms with van der Waals surface area (Å²) in [4.78, 5) is 23.7. The van der Waals surface area contributed by atoms with Crippen LogP contribution in [-0.4, -0.2) is 30.8 Å². The highest BCUT2D eigenvalue weighted by Crippen LogP contribution is 2.17. The van der Waals surface area contributed by atoms with Crippen molar-refractivity contribution in [2.45, 2.75) is 38.1 Å². The molecule has 3 N–H and O–H groups in total. The van der Waals surface area contributed by atoms with Crippen LogP contribution in [0.25, 0.3) is 0 Å². The molecule has 0 atom stereocenters. The number of urea groups is 1. The summed E-state index contributed by atoms with van der Waals surface area (Å²) in [6.45, 7) is 0.00511. The van der Waals surface area contributed by atoms with E-state index >= 15 is 0 Å². The number of carbonyl (C=O) groups excluding carboxylic acids is 2. The molecule has 3 amide bonds. The van der Waals surface area contributed by atoms with Gasteiger partial charge in [0.25, 0.3) is 5.91 Å². The van der Waals surface area contributed by atoms with Crippen molar-refractivity contribution in [3.63, 3.8) is 0 Å². The van der Waals surface area contributed by atoms with Crippen molar-refractivity contribution in [3.05, 3.63) is 60.2 Å². The lowest BCUT2D eigenvalue weighted by Crippen LogP contribution is -2.38. The van der Waals surface area contributed by atoms with E-state index in [9.17, 15) is 9.59 Å². The second-order valence-corrected chi connectivity index (χ2v) is 6.95. The highest BCUT2D eigenvalue weighted by atomic mass is 16.5. The van der Waals surface area contributed by atoms with Crippen molar-refractivity contribution in [2.75, 3.05) is 11.9 Å². The van der Waals surface area contributed by atoms with Crippen LogP contribution in [0.3, 0.4) is 0 Å². The number of hydrogen-bond acceptors (Lipinski definition) is 4. The van der Waals surface area contributed by atoms with E-state index in [1.54, 1.807) is 36.4 Å². The maximum atomic E-state index is 12.0. The number of amides is 3. The summed E-state index contributed by atoms with van der Waals surface area (Å²) in [6.07, 6.45) is 7.25. The van der Waals surface area contributed by atoms with E-state index in [1.807, 2.05) is 18.2 Å². The molecule has 152 valence electrons. The number of hydrazone groups is 1. The van der Waals surface area contributed by atoms with E-state index in [4.69, 9.17) is 4.74 Å². The van der Waals surface area contributed by atoms with E-state index in [0.29, 0.717) is 11.4 Å². The molecular formula is C22H26N4O3. The van der Waals surface area contributed by atoms with Gasteiger partial charge in [0, 0.05) is 11.7 Å². The van der Waals surface area contributed by atoms with Crippen LogP contribution < -0.4 is 20.8 Å². The fraction of sp³-hybridized carbons (Fsp3) is 0.318. The Morgan fingerprint density at radius 2 is 1.72 bits per heavy atom. The third kappa shape index (κ3) is 7.29. The van der Waals surface area contributed by atoms with Gasteiger partial charge in [-0.15, -0.1) is 0 Å². The summed E-state index contributed by atoms with van der Waals surface area (Å²) in [6, 6.07) is 16.1. The van der Waals surface area contributed by atoms with Gasteiger partial charge in [-0.1, -0.05) is 37.5 Å². The van der Waals surface area contributed by atoms with Crippen LogP contribution in [0.1, 0.15) is 37.7 Å². The van der Waals surface area contributed by atoms with Gasteiger partial charge < -0.3 is 15.4 Å². The fourth-order valence-electron chi connectivity index (χ4n) is 3.16. The maximum Gasteiger partial charge on any atom is 0.339 e. The Balaban J connectivity index is 1.38. The van der Waals surface area contributed by atoms with Crippen LogP contribution in [-0.2, 0) is 4.79 Å². The molecule has 1 fully saturated rings. The first kappa shape index (κ1) is 20.4. The predicted molar refractivity (Wildman–Crippen MR) is 113 cm³/mol. The molecule has 0 radical (unpaired) electrons. The minimum absolute atomic E-state index is 0.00511. The van der Waals surface area contributed by atoms with Crippen LogP contribution in [0.2, 0.25) is 0 Å². The van der Waals surface area contributed by atoms with Gasteiger partial charge in [-0.05, 0) is 54.8 Å². The van der Waals surface area contributed by atoms with Crippen LogP contribution in [0.5, 0.6) is 5.75 Å². The number of carbonyl (C=O) groups is 2. The normalized spacial score (nSPS) is 14.3. The number of benzene rings is 2. The molecule has 7 nitrogen and oxygen atoms in total. The zero-order valence-electron chi connectivity index (χ0n) is 16.3. The monoisotopic (exact) mass is 394 g/mol. The van der Waals surface area contributed by atoms with Crippen LogP contribution >= 0.6 is 0 Å². The Labute approximate surface area is 170 Å². The molecule has 0 aliphatic heterocycles. The predicted octanol–water partition coefficient (Wildman–Crippen LogP) is 3.67. The lowest BCUT2D eigenvalue weighted by Gasteiger charge is -2.22. The molecule has 7 heteroatoms. The molecular weight excluding hydrogens is 368 g/mol. The third-order valence-electron chi connectivity index (χ3n) is 4.63. The molecule has 1 aliphatic carbocycles. The number of nitrogens with one attached hydrogen (secondary N) is 3. The average Bonchev–Trinajstić information content (AvgIpc) is 2.75. The van der Waals surface area contributed by atoms with E-state index in [1.165, 1.54) is 25.5 Å². The van der Waals surface area contributed by atoms with Crippen molar-refractivity contribution < 1.29 is 14.3 Å². The minimum atomic E-state index is -0.420. The Bertz CT molecular complexity index is 816. The van der Waals surface area contributed by atoms with Gasteiger partial charge in [-0.25, -0.2) is 10.2 Å². The molecule has 0 unspecified atom stereocenters. The summed E-state index contributed by atoms with van der Waals surface area (Å²) in [7, 11) is 0. The van der Waals surface area contributed by atoms with Gasteiger partial charge in [0.05, 0.1) is 6.21 Å². The lowest BCUT2D eigenvalue weighted by atomic mass is 9.95.